The zero-order valence-electron chi connectivity index (χ0n) is 17.6. The van der Waals surface area contributed by atoms with Crippen LogP contribution in [0.5, 0.6) is 0 Å². The number of ether oxygens (including phenoxy) is 2. The molecule has 0 spiro atoms. The first-order chi connectivity index (χ1) is 13.8. The van der Waals surface area contributed by atoms with Gasteiger partial charge in [-0.25, -0.2) is 10.0 Å². The van der Waals surface area contributed by atoms with Crippen molar-refractivity contribution in [1.82, 2.24) is 10.0 Å². The van der Waals surface area contributed by atoms with Gasteiger partial charge >= 0.3 is 5.97 Å². The molecule has 0 radical (unpaired) electrons. The molecule has 0 atom stereocenters. The van der Waals surface area contributed by atoms with Gasteiger partial charge in [0.1, 0.15) is 5.78 Å². The molecule has 1 aromatic rings. The molecule has 160 valence electrons. The number of carbonyl (C=O) groups is 2. The Balaban J connectivity index is 1.68. The lowest BCUT2D eigenvalue weighted by molar-refractivity contribution is -0.165. The third-order valence-electron chi connectivity index (χ3n) is 6.27. The second-order valence-electron chi connectivity index (χ2n) is 8.20. The number of carbonyl (C=O) groups excluding carboxylic acids is 2. The summed E-state index contributed by atoms with van der Waals surface area (Å²) < 4.78 is 10.6. The van der Waals surface area contributed by atoms with Crippen molar-refractivity contribution in [2.75, 3.05) is 46.5 Å². The minimum Gasteiger partial charge on any atom is -0.469 e. The predicted octanol–water partition coefficient (Wildman–Crippen LogP) is 2.96. The second kappa shape index (κ2) is 9.56. The fourth-order valence-corrected chi connectivity index (χ4v) is 4.90. The van der Waals surface area contributed by atoms with Gasteiger partial charge in [-0.2, -0.15) is 0 Å². The Morgan fingerprint density at radius 1 is 1.07 bits per heavy atom. The Hall–Kier alpha value is -1.47. The number of hydrogen-bond donors (Lipinski definition) is 0. The molecule has 0 N–H and O–H groups in total. The molecule has 0 aromatic heterocycles. The molecule has 0 bridgehead atoms. The van der Waals surface area contributed by atoms with Crippen LogP contribution in [0.2, 0.25) is 5.02 Å². The number of aryl methyl sites for hydroxylation is 2. The number of ketones is 1. The third kappa shape index (κ3) is 5.18. The van der Waals surface area contributed by atoms with Gasteiger partial charge in [0.25, 0.3) is 0 Å². The van der Waals surface area contributed by atoms with E-state index in [2.05, 4.69) is 10.0 Å². The van der Waals surface area contributed by atoms with Gasteiger partial charge in [-0.05, 0) is 55.5 Å². The van der Waals surface area contributed by atoms with E-state index in [1.54, 1.807) is 0 Å². The normalized spacial score (nSPS) is 20.4. The fraction of sp³-hybridized carbons (Fsp3) is 0.636. The van der Waals surface area contributed by atoms with E-state index in [0.29, 0.717) is 24.3 Å². The largest absolute Gasteiger partial charge is 0.469 e. The fourth-order valence-electron chi connectivity index (χ4n) is 4.57. The number of benzene rings is 1. The molecular formula is C22H31ClN2O4. The number of morpholine rings is 1. The molecule has 3 rings (SSSR count). The first kappa shape index (κ1) is 22.2. The molecule has 0 aliphatic carbocycles. The van der Waals surface area contributed by atoms with Crippen LogP contribution in [0, 0.1) is 19.3 Å². The zero-order chi connectivity index (χ0) is 21.0. The van der Waals surface area contributed by atoms with Crippen molar-refractivity contribution in [2.45, 2.75) is 39.5 Å². The summed E-state index contributed by atoms with van der Waals surface area (Å²) >= 11 is 6.11. The van der Waals surface area contributed by atoms with Gasteiger partial charge in [-0.15, -0.1) is 0 Å². The van der Waals surface area contributed by atoms with Crippen molar-refractivity contribution >= 4 is 23.4 Å². The van der Waals surface area contributed by atoms with Crippen LogP contribution in [0.25, 0.3) is 0 Å². The van der Waals surface area contributed by atoms with Crippen LogP contribution in [0.4, 0.5) is 0 Å². The maximum atomic E-state index is 13.0. The van der Waals surface area contributed by atoms with E-state index in [4.69, 9.17) is 21.1 Å². The number of halogens is 1. The average molecular weight is 423 g/mol. The molecule has 2 fully saturated rings. The van der Waals surface area contributed by atoms with Crippen LogP contribution in [0.3, 0.4) is 0 Å². The molecule has 7 heteroatoms. The van der Waals surface area contributed by atoms with Crippen molar-refractivity contribution < 1.29 is 19.1 Å². The number of methoxy groups -OCH3 is 1. The second-order valence-corrected chi connectivity index (χ2v) is 8.64. The topological polar surface area (TPSA) is 59.1 Å². The van der Waals surface area contributed by atoms with Gasteiger partial charge in [-0.3, -0.25) is 9.59 Å². The Bertz CT molecular complexity index is 730. The quantitative estimate of drug-likeness (QED) is 0.657. The highest BCUT2D eigenvalue weighted by Gasteiger charge is 2.44. The van der Waals surface area contributed by atoms with E-state index in [1.165, 1.54) is 7.11 Å². The van der Waals surface area contributed by atoms with Gasteiger partial charge in [0, 0.05) is 44.0 Å². The van der Waals surface area contributed by atoms with E-state index in [9.17, 15) is 9.59 Å². The van der Waals surface area contributed by atoms with Gasteiger partial charge in [0.15, 0.2) is 0 Å². The lowest BCUT2D eigenvalue weighted by Gasteiger charge is -2.45. The Morgan fingerprint density at radius 2 is 1.62 bits per heavy atom. The average Bonchev–Trinajstić information content (AvgIpc) is 2.71. The maximum Gasteiger partial charge on any atom is 0.312 e. The van der Waals surface area contributed by atoms with Crippen molar-refractivity contribution in [3.05, 3.63) is 33.8 Å². The highest BCUT2D eigenvalue weighted by atomic mass is 35.5. The van der Waals surface area contributed by atoms with E-state index < -0.39 is 5.41 Å². The van der Waals surface area contributed by atoms with Crippen LogP contribution < -0.4 is 0 Å². The Labute approximate surface area is 178 Å². The van der Waals surface area contributed by atoms with Crippen molar-refractivity contribution in [2.24, 2.45) is 5.41 Å². The standard InChI is InChI=1S/C22H31ClN2O4/c1-16-12-18(23)13-17(2)20(16)14-19(26)15-22(21(27)28-3)4-6-24(7-5-22)25-8-10-29-11-9-25/h12-13H,4-11,14-15H2,1-3H3. The summed E-state index contributed by atoms with van der Waals surface area (Å²) in [5, 5.41) is 5.27. The number of piperidine rings is 1. The highest BCUT2D eigenvalue weighted by Crippen LogP contribution is 2.38. The minimum atomic E-state index is -0.733. The summed E-state index contributed by atoms with van der Waals surface area (Å²) in [5.41, 5.74) is 2.29. The van der Waals surface area contributed by atoms with Gasteiger partial charge in [0.05, 0.1) is 25.7 Å². The summed E-state index contributed by atoms with van der Waals surface area (Å²) in [4.78, 5) is 25.7. The number of hydrogen-bond acceptors (Lipinski definition) is 6. The van der Waals surface area contributed by atoms with E-state index in [-0.39, 0.29) is 18.2 Å². The summed E-state index contributed by atoms with van der Waals surface area (Å²) in [5.74, 6) is -0.194. The molecule has 0 saturated carbocycles. The predicted molar refractivity (Wildman–Crippen MR) is 112 cm³/mol. The smallest absolute Gasteiger partial charge is 0.312 e. The molecule has 2 saturated heterocycles. The van der Waals surface area contributed by atoms with E-state index in [0.717, 1.165) is 56.1 Å². The summed E-state index contributed by atoms with van der Waals surface area (Å²) in [6, 6.07) is 3.77. The molecule has 2 heterocycles. The minimum absolute atomic E-state index is 0.0729. The zero-order valence-corrected chi connectivity index (χ0v) is 18.4. The van der Waals surface area contributed by atoms with Crippen LogP contribution in [0.1, 0.15) is 36.0 Å². The molecule has 0 amide bonds. The lowest BCUT2D eigenvalue weighted by Crippen LogP contribution is -2.55. The van der Waals surface area contributed by atoms with E-state index in [1.807, 2.05) is 26.0 Å². The van der Waals surface area contributed by atoms with Crippen LogP contribution >= 0.6 is 11.6 Å². The Kier molecular flexibility index (Phi) is 7.32. The van der Waals surface area contributed by atoms with Gasteiger partial charge in [-0.1, -0.05) is 11.6 Å². The number of rotatable bonds is 6. The monoisotopic (exact) mass is 422 g/mol. The molecular weight excluding hydrogens is 392 g/mol. The maximum absolute atomic E-state index is 13.0. The molecule has 29 heavy (non-hydrogen) atoms. The summed E-state index contributed by atoms with van der Waals surface area (Å²) in [6.07, 6.45) is 1.79. The first-order valence-corrected chi connectivity index (χ1v) is 10.7. The molecule has 2 aliphatic rings. The summed E-state index contributed by atoms with van der Waals surface area (Å²) in [7, 11) is 1.41. The molecule has 2 aliphatic heterocycles. The molecule has 0 unspecified atom stereocenters. The van der Waals surface area contributed by atoms with Crippen molar-refractivity contribution in [1.29, 1.82) is 0 Å². The number of esters is 1. The number of hydrazine groups is 1. The molecule has 6 nitrogen and oxygen atoms in total. The van der Waals surface area contributed by atoms with Crippen molar-refractivity contribution in [3.63, 3.8) is 0 Å². The first-order valence-electron chi connectivity index (χ1n) is 10.3. The van der Waals surface area contributed by atoms with Crippen molar-refractivity contribution in [3.8, 4) is 0 Å². The third-order valence-corrected chi connectivity index (χ3v) is 6.49. The summed E-state index contributed by atoms with van der Waals surface area (Å²) in [6.45, 7) is 8.66. The Morgan fingerprint density at radius 3 is 2.17 bits per heavy atom. The van der Waals surface area contributed by atoms with Crippen LogP contribution in [-0.2, 0) is 25.5 Å². The molecule has 1 aromatic carbocycles. The highest BCUT2D eigenvalue weighted by molar-refractivity contribution is 6.30. The SMILES string of the molecule is COC(=O)C1(CC(=O)Cc2c(C)cc(Cl)cc2C)CCN(N2CCOCC2)CC1. The number of nitrogens with zero attached hydrogens (tertiary/aromatic N) is 2. The van der Waals surface area contributed by atoms with Crippen LogP contribution in [-0.4, -0.2) is 68.3 Å². The lowest BCUT2D eigenvalue weighted by atomic mass is 9.74. The van der Waals surface area contributed by atoms with Crippen LogP contribution in [0.15, 0.2) is 12.1 Å². The van der Waals surface area contributed by atoms with Gasteiger partial charge < -0.3 is 9.47 Å². The van der Waals surface area contributed by atoms with E-state index >= 15 is 0 Å². The van der Waals surface area contributed by atoms with Gasteiger partial charge in [0.2, 0.25) is 0 Å². The number of Topliss-reactive ketones (excluding diaryl/α,β-unsaturated/α-hetero) is 1.